The van der Waals surface area contributed by atoms with E-state index < -0.39 is 16.8 Å². The van der Waals surface area contributed by atoms with Crippen molar-refractivity contribution in [3.8, 4) is 0 Å². The largest absolute Gasteiger partial charge is 0.478 e. The van der Waals surface area contributed by atoms with E-state index in [-0.39, 0.29) is 11.6 Å². The Morgan fingerprint density at radius 3 is 2.43 bits per heavy atom. The lowest BCUT2D eigenvalue weighted by Gasteiger charge is -2.27. The molecule has 0 radical (unpaired) electrons. The Labute approximate surface area is 125 Å². The number of carboxylic acids is 1. The summed E-state index contributed by atoms with van der Waals surface area (Å²) in [5.74, 6) is -0.144. The minimum absolute atomic E-state index is 0.0847. The van der Waals surface area contributed by atoms with Crippen LogP contribution in [0, 0.1) is 13.8 Å². The number of amides is 2. The first-order valence-corrected chi connectivity index (χ1v) is 8.12. The molecule has 1 aliphatic rings. The summed E-state index contributed by atoms with van der Waals surface area (Å²) < 4.78 is 11.3. The van der Waals surface area contributed by atoms with Gasteiger partial charge in [0, 0.05) is 35.4 Å². The van der Waals surface area contributed by atoms with Crippen LogP contribution < -0.4 is 5.32 Å². The van der Waals surface area contributed by atoms with Gasteiger partial charge in [0.1, 0.15) is 0 Å². The Balaban J connectivity index is 2.21. The Morgan fingerprint density at radius 2 is 1.86 bits per heavy atom. The smallest absolute Gasteiger partial charge is 0.337 e. The number of benzene rings is 1. The van der Waals surface area contributed by atoms with Crippen molar-refractivity contribution in [2.45, 2.75) is 13.8 Å². The monoisotopic (exact) mass is 310 g/mol. The van der Waals surface area contributed by atoms with Crippen LogP contribution in [0.1, 0.15) is 21.5 Å². The Morgan fingerprint density at radius 1 is 1.24 bits per heavy atom. The zero-order valence-electron chi connectivity index (χ0n) is 12.0. The van der Waals surface area contributed by atoms with Gasteiger partial charge in [0.2, 0.25) is 0 Å². The molecule has 1 fully saturated rings. The number of rotatable bonds is 2. The van der Waals surface area contributed by atoms with Crippen molar-refractivity contribution in [2.24, 2.45) is 0 Å². The Bertz CT molecular complexity index is 605. The minimum atomic E-state index is -1.07. The summed E-state index contributed by atoms with van der Waals surface area (Å²) in [7, 11) is -0.859. The molecular formula is C14H18N2O4S. The molecule has 7 heteroatoms. The highest BCUT2D eigenvalue weighted by Gasteiger charge is 2.22. The van der Waals surface area contributed by atoms with Crippen LogP contribution in [-0.2, 0) is 10.8 Å². The number of hydrogen-bond acceptors (Lipinski definition) is 3. The molecule has 0 unspecified atom stereocenters. The lowest BCUT2D eigenvalue weighted by molar-refractivity contribution is 0.0698. The Kier molecular flexibility index (Phi) is 4.62. The van der Waals surface area contributed by atoms with Gasteiger partial charge >= 0.3 is 12.0 Å². The molecule has 0 aliphatic carbocycles. The van der Waals surface area contributed by atoms with Gasteiger partial charge in [-0.2, -0.15) is 0 Å². The van der Waals surface area contributed by atoms with Crippen LogP contribution in [0.4, 0.5) is 10.5 Å². The van der Waals surface area contributed by atoms with Gasteiger partial charge in [-0.1, -0.05) is 6.07 Å². The fourth-order valence-corrected chi connectivity index (χ4v) is 3.38. The quantitative estimate of drug-likeness (QED) is 0.868. The highest BCUT2D eigenvalue weighted by atomic mass is 32.2. The zero-order valence-corrected chi connectivity index (χ0v) is 12.8. The van der Waals surface area contributed by atoms with Crippen LogP contribution in [0.2, 0.25) is 0 Å². The van der Waals surface area contributed by atoms with Crippen LogP contribution >= 0.6 is 0 Å². The second-order valence-corrected chi connectivity index (χ2v) is 6.77. The molecule has 114 valence electrons. The third-order valence-corrected chi connectivity index (χ3v) is 4.68. The van der Waals surface area contributed by atoms with E-state index in [1.807, 2.05) is 13.0 Å². The van der Waals surface area contributed by atoms with Crippen LogP contribution in [0.3, 0.4) is 0 Å². The number of aromatic carboxylic acids is 1. The summed E-state index contributed by atoms with van der Waals surface area (Å²) in [6.45, 7) is 4.42. The minimum Gasteiger partial charge on any atom is -0.478 e. The van der Waals surface area contributed by atoms with Gasteiger partial charge in [0.15, 0.2) is 0 Å². The number of nitrogens with zero attached hydrogens (tertiary/aromatic N) is 1. The molecule has 1 saturated heterocycles. The first kappa shape index (κ1) is 15.5. The molecule has 1 aromatic carbocycles. The SMILES string of the molecule is Cc1cc(C)c(NC(=O)N2CCS(=O)CC2)c(C(=O)O)c1. The van der Waals surface area contributed by atoms with E-state index in [1.54, 1.807) is 11.8 Å². The Hall–Kier alpha value is -1.89. The van der Waals surface area contributed by atoms with Gasteiger partial charge in [-0.3, -0.25) is 4.21 Å². The maximum atomic E-state index is 12.2. The van der Waals surface area contributed by atoms with E-state index in [2.05, 4.69) is 5.32 Å². The lowest BCUT2D eigenvalue weighted by atomic mass is 10.0. The number of urea groups is 1. The normalized spacial score (nSPS) is 15.8. The van der Waals surface area contributed by atoms with E-state index >= 15 is 0 Å². The highest BCUT2D eigenvalue weighted by molar-refractivity contribution is 7.85. The molecule has 0 atom stereocenters. The van der Waals surface area contributed by atoms with E-state index in [9.17, 15) is 18.9 Å². The number of aryl methyl sites for hydroxylation is 2. The van der Waals surface area contributed by atoms with Gasteiger partial charge in [-0.15, -0.1) is 0 Å². The summed E-state index contributed by atoms with van der Waals surface area (Å²) in [6, 6.07) is 3.02. The molecular weight excluding hydrogens is 292 g/mol. The molecule has 1 aliphatic heterocycles. The molecule has 2 rings (SSSR count). The maximum Gasteiger partial charge on any atom is 0.337 e. The first-order valence-electron chi connectivity index (χ1n) is 6.64. The van der Waals surface area contributed by atoms with Crippen molar-refractivity contribution < 1.29 is 18.9 Å². The average molecular weight is 310 g/mol. The topological polar surface area (TPSA) is 86.7 Å². The van der Waals surface area contributed by atoms with Crippen molar-refractivity contribution in [3.63, 3.8) is 0 Å². The molecule has 0 spiro atoms. The fraction of sp³-hybridized carbons (Fsp3) is 0.429. The molecule has 0 bridgehead atoms. The summed E-state index contributed by atoms with van der Waals surface area (Å²) in [5, 5.41) is 11.9. The summed E-state index contributed by atoms with van der Waals surface area (Å²) in [4.78, 5) is 25.1. The molecule has 2 N–H and O–H groups in total. The van der Waals surface area contributed by atoms with Crippen molar-refractivity contribution >= 4 is 28.5 Å². The average Bonchev–Trinajstić information content (AvgIpc) is 2.41. The summed E-state index contributed by atoms with van der Waals surface area (Å²) >= 11 is 0. The van der Waals surface area contributed by atoms with Crippen molar-refractivity contribution in [3.05, 3.63) is 28.8 Å². The maximum absolute atomic E-state index is 12.2. The van der Waals surface area contributed by atoms with Crippen molar-refractivity contribution in [1.82, 2.24) is 4.90 Å². The highest BCUT2D eigenvalue weighted by Crippen LogP contribution is 2.23. The van der Waals surface area contributed by atoms with Gasteiger partial charge < -0.3 is 15.3 Å². The molecule has 0 saturated carbocycles. The molecule has 2 amide bonds. The van der Waals surface area contributed by atoms with Crippen LogP contribution in [0.15, 0.2) is 12.1 Å². The number of carboxylic acid groups (broad SMARTS) is 1. The van der Waals surface area contributed by atoms with Crippen LogP contribution in [0.5, 0.6) is 0 Å². The third-order valence-electron chi connectivity index (χ3n) is 3.41. The summed E-state index contributed by atoms with van der Waals surface area (Å²) in [6.07, 6.45) is 0. The number of carbonyl (C=O) groups excluding carboxylic acids is 1. The molecule has 6 nitrogen and oxygen atoms in total. The van der Waals surface area contributed by atoms with Gasteiger partial charge in [-0.25, -0.2) is 9.59 Å². The van der Waals surface area contributed by atoms with E-state index in [4.69, 9.17) is 0 Å². The van der Waals surface area contributed by atoms with Crippen LogP contribution in [-0.4, -0.2) is 50.8 Å². The third kappa shape index (κ3) is 3.60. The second-order valence-electron chi connectivity index (χ2n) is 5.07. The number of carbonyl (C=O) groups is 2. The second kappa shape index (κ2) is 6.26. The lowest BCUT2D eigenvalue weighted by Crippen LogP contribution is -2.44. The van der Waals surface area contributed by atoms with Gasteiger partial charge in [0.25, 0.3) is 0 Å². The summed E-state index contributed by atoms with van der Waals surface area (Å²) in [5.41, 5.74) is 1.95. The van der Waals surface area contributed by atoms with Crippen LogP contribution in [0.25, 0.3) is 0 Å². The molecule has 1 heterocycles. The number of hydrogen-bond donors (Lipinski definition) is 2. The zero-order chi connectivity index (χ0) is 15.6. The van der Waals surface area contributed by atoms with Crippen molar-refractivity contribution in [1.29, 1.82) is 0 Å². The molecule has 1 aromatic rings. The standard InChI is InChI=1S/C14H18N2O4S/c1-9-7-10(2)12(11(8-9)13(17)18)15-14(19)16-3-5-21(20)6-4-16/h7-8H,3-6H2,1-2H3,(H,15,19)(H,17,18). The molecule has 0 aromatic heterocycles. The fourth-order valence-electron chi connectivity index (χ4n) is 2.33. The van der Waals surface area contributed by atoms with E-state index in [0.717, 1.165) is 5.56 Å². The molecule has 21 heavy (non-hydrogen) atoms. The van der Waals surface area contributed by atoms with E-state index in [1.165, 1.54) is 6.07 Å². The van der Waals surface area contributed by atoms with Crippen molar-refractivity contribution in [2.75, 3.05) is 29.9 Å². The van der Waals surface area contributed by atoms with Gasteiger partial charge in [-0.05, 0) is 31.0 Å². The number of anilines is 1. The number of nitrogens with one attached hydrogen (secondary N) is 1. The van der Waals surface area contributed by atoms with E-state index in [0.29, 0.717) is 35.8 Å². The predicted molar refractivity (Wildman–Crippen MR) is 81.3 cm³/mol. The predicted octanol–water partition coefficient (Wildman–Crippen LogP) is 1.60. The van der Waals surface area contributed by atoms with Gasteiger partial charge in [0.05, 0.1) is 11.3 Å². The first-order chi connectivity index (χ1) is 9.88.